The highest BCUT2D eigenvalue weighted by molar-refractivity contribution is 7.94. The molecule has 114 valence electrons. The largest absolute Gasteiger partial charge is 0.276 e. The third kappa shape index (κ3) is 3.32. The number of aromatic nitrogens is 2. The molecule has 0 bridgehead atoms. The van der Waals surface area contributed by atoms with Crippen molar-refractivity contribution in [2.45, 2.75) is 10.8 Å². The minimum atomic E-state index is -3.55. The lowest BCUT2D eigenvalue weighted by Gasteiger charge is -2.04. The zero-order valence-corrected chi connectivity index (χ0v) is 13.7. The molecule has 0 fully saturated rings. The first-order valence-corrected chi connectivity index (χ1v) is 9.11. The Morgan fingerprint density at radius 1 is 1.23 bits per heavy atom. The molecule has 0 atom stereocenters. The van der Waals surface area contributed by atoms with Crippen molar-refractivity contribution in [3.8, 4) is 0 Å². The van der Waals surface area contributed by atoms with Gasteiger partial charge in [0.25, 0.3) is 10.0 Å². The Morgan fingerprint density at radius 3 is 2.77 bits per heavy atom. The maximum Gasteiger partial charge on any atom is 0.271 e. The molecule has 1 N–H and O–H groups in total. The first-order chi connectivity index (χ1) is 10.5. The molecule has 0 saturated carbocycles. The summed E-state index contributed by atoms with van der Waals surface area (Å²) in [5, 5.41) is 6.52. The summed E-state index contributed by atoms with van der Waals surface area (Å²) < 4.78 is 28.7. The number of hydrogen-bond donors (Lipinski definition) is 1. The summed E-state index contributed by atoms with van der Waals surface area (Å²) in [6.45, 7) is 0.473. The molecule has 3 aromatic rings. The number of halogens is 1. The molecule has 0 radical (unpaired) electrons. The van der Waals surface area contributed by atoms with Crippen molar-refractivity contribution in [1.82, 2.24) is 9.78 Å². The molecular weight excluding hydrogens is 342 g/mol. The molecule has 3 rings (SSSR count). The van der Waals surface area contributed by atoms with Crippen LogP contribution in [0.2, 0.25) is 5.02 Å². The van der Waals surface area contributed by atoms with Crippen LogP contribution in [-0.4, -0.2) is 18.2 Å². The van der Waals surface area contributed by atoms with E-state index in [9.17, 15) is 8.42 Å². The van der Waals surface area contributed by atoms with Crippen LogP contribution in [0.1, 0.15) is 5.56 Å². The quantitative estimate of drug-likeness (QED) is 0.764. The van der Waals surface area contributed by atoms with E-state index in [1.165, 1.54) is 17.5 Å². The van der Waals surface area contributed by atoms with Crippen molar-refractivity contribution < 1.29 is 8.42 Å². The molecule has 22 heavy (non-hydrogen) atoms. The molecule has 0 amide bonds. The van der Waals surface area contributed by atoms with Crippen LogP contribution in [0.25, 0.3) is 0 Å². The molecule has 0 aliphatic rings. The molecule has 1 aromatic carbocycles. The van der Waals surface area contributed by atoms with E-state index in [4.69, 9.17) is 11.6 Å². The summed E-state index contributed by atoms with van der Waals surface area (Å²) in [6, 6.07) is 10.7. The van der Waals surface area contributed by atoms with E-state index in [1.54, 1.807) is 34.5 Å². The SMILES string of the molecule is O=S(=O)(Nc1cnn(Cc2ccccc2Cl)c1)c1cccs1. The number of thiophene rings is 1. The fourth-order valence-electron chi connectivity index (χ4n) is 1.93. The number of benzene rings is 1. The van der Waals surface area contributed by atoms with Crippen LogP contribution in [-0.2, 0) is 16.6 Å². The van der Waals surface area contributed by atoms with Gasteiger partial charge < -0.3 is 0 Å². The molecule has 2 aromatic heterocycles. The number of sulfonamides is 1. The average molecular weight is 354 g/mol. The lowest BCUT2D eigenvalue weighted by molar-refractivity contribution is 0.603. The Bertz CT molecular complexity index is 873. The molecule has 0 spiro atoms. The zero-order valence-electron chi connectivity index (χ0n) is 11.3. The molecule has 0 aliphatic heterocycles. The number of nitrogens with one attached hydrogen (secondary N) is 1. The van der Waals surface area contributed by atoms with Gasteiger partial charge in [-0.3, -0.25) is 9.40 Å². The first kappa shape index (κ1) is 15.1. The van der Waals surface area contributed by atoms with E-state index in [-0.39, 0.29) is 4.21 Å². The third-order valence-electron chi connectivity index (χ3n) is 2.94. The van der Waals surface area contributed by atoms with Crippen molar-refractivity contribution in [2.75, 3.05) is 4.72 Å². The van der Waals surface area contributed by atoms with Crippen molar-refractivity contribution in [2.24, 2.45) is 0 Å². The Labute approximate surface area is 137 Å². The summed E-state index contributed by atoms with van der Waals surface area (Å²) in [5.41, 5.74) is 1.33. The minimum Gasteiger partial charge on any atom is -0.276 e. The Kier molecular flexibility index (Phi) is 4.19. The molecular formula is C14H12ClN3O2S2. The fraction of sp³-hybridized carbons (Fsp3) is 0.0714. The van der Waals surface area contributed by atoms with Crippen LogP contribution < -0.4 is 4.72 Å². The second-order valence-electron chi connectivity index (χ2n) is 4.56. The Hall–Kier alpha value is -1.83. The minimum absolute atomic E-state index is 0.270. The van der Waals surface area contributed by atoms with Crippen molar-refractivity contribution >= 4 is 38.6 Å². The van der Waals surface area contributed by atoms with E-state index in [0.717, 1.165) is 5.56 Å². The van der Waals surface area contributed by atoms with Crippen LogP contribution in [0.4, 0.5) is 5.69 Å². The van der Waals surface area contributed by atoms with Gasteiger partial charge >= 0.3 is 0 Å². The topological polar surface area (TPSA) is 64.0 Å². The highest BCUT2D eigenvalue weighted by Gasteiger charge is 2.16. The van der Waals surface area contributed by atoms with Crippen LogP contribution in [0, 0.1) is 0 Å². The normalized spacial score (nSPS) is 11.5. The molecule has 0 unspecified atom stereocenters. The predicted molar refractivity (Wildman–Crippen MR) is 87.9 cm³/mol. The number of rotatable bonds is 5. The van der Waals surface area contributed by atoms with Gasteiger partial charge in [0.05, 0.1) is 18.4 Å². The van der Waals surface area contributed by atoms with Crippen LogP contribution in [0.3, 0.4) is 0 Å². The van der Waals surface area contributed by atoms with Crippen LogP contribution >= 0.6 is 22.9 Å². The van der Waals surface area contributed by atoms with E-state index >= 15 is 0 Å². The van der Waals surface area contributed by atoms with Crippen molar-refractivity contribution in [3.05, 3.63) is 64.8 Å². The molecule has 2 heterocycles. The maximum atomic E-state index is 12.1. The molecule has 0 aliphatic carbocycles. The summed E-state index contributed by atoms with van der Waals surface area (Å²) >= 11 is 7.27. The second kappa shape index (κ2) is 6.12. The second-order valence-corrected chi connectivity index (χ2v) is 7.82. The Balaban J connectivity index is 1.76. The summed E-state index contributed by atoms with van der Waals surface area (Å²) in [6.07, 6.45) is 3.11. The van der Waals surface area contributed by atoms with E-state index in [1.807, 2.05) is 18.2 Å². The highest BCUT2D eigenvalue weighted by atomic mass is 35.5. The van der Waals surface area contributed by atoms with Gasteiger partial charge in [0.1, 0.15) is 4.21 Å². The standard InChI is InChI=1S/C14H12ClN3O2S2/c15-13-5-2-1-4-11(13)9-18-10-12(8-16-18)17-22(19,20)14-6-3-7-21-14/h1-8,10,17H,9H2. The predicted octanol–water partition coefficient (Wildman–Crippen LogP) is 3.45. The van der Waals surface area contributed by atoms with Crippen molar-refractivity contribution in [3.63, 3.8) is 0 Å². The van der Waals surface area contributed by atoms with E-state index in [0.29, 0.717) is 17.3 Å². The summed E-state index contributed by atoms with van der Waals surface area (Å²) in [4.78, 5) is 0. The smallest absolute Gasteiger partial charge is 0.271 e. The number of hydrogen-bond acceptors (Lipinski definition) is 4. The highest BCUT2D eigenvalue weighted by Crippen LogP contribution is 2.21. The summed E-state index contributed by atoms with van der Waals surface area (Å²) in [5.74, 6) is 0. The Morgan fingerprint density at radius 2 is 2.05 bits per heavy atom. The van der Waals surface area contributed by atoms with Gasteiger partial charge in [0.15, 0.2) is 0 Å². The maximum absolute atomic E-state index is 12.1. The van der Waals surface area contributed by atoms with Crippen LogP contribution in [0.5, 0.6) is 0 Å². The average Bonchev–Trinajstić information content (AvgIpc) is 3.13. The number of anilines is 1. The van der Waals surface area contributed by atoms with Gasteiger partial charge in [-0.25, -0.2) is 8.42 Å². The van der Waals surface area contributed by atoms with Gasteiger partial charge in [-0.1, -0.05) is 35.9 Å². The molecule has 8 heteroatoms. The van der Waals surface area contributed by atoms with E-state index in [2.05, 4.69) is 9.82 Å². The lowest BCUT2D eigenvalue weighted by Crippen LogP contribution is -2.10. The van der Waals surface area contributed by atoms with Gasteiger partial charge in [0.2, 0.25) is 0 Å². The fourth-order valence-corrected chi connectivity index (χ4v) is 4.14. The van der Waals surface area contributed by atoms with Gasteiger partial charge in [-0.2, -0.15) is 5.10 Å². The van der Waals surface area contributed by atoms with Gasteiger partial charge in [-0.15, -0.1) is 11.3 Å². The zero-order chi connectivity index (χ0) is 15.6. The van der Waals surface area contributed by atoms with Crippen LogP contribution in [0.15, 0.2) is 58.4 Å². The third-order valence-corrected chi connectivity index (χ3v) is 6.08. The molecule has 5 nitrogen and oxygen atoms in total. The van der Waals surface area contributed by atoms with Gasteiger partial charge in [0, 0.05) is 11.2 Å². The molecule has 0 saturated heterocycles. The van der Waals surface area contributed by atoms with E-state index < -0.39 is 10.0 Å². The first-order valence-electron chi connectivity index (χ1n) is 6.37. The van der Waals surface area contributed by atoms with Crippen molar-refractivity contribution in [1.29, 1.82) is 0 Å². The monoisotopic (exact) mass is 353 g/mol. The van der Waals surface area contributed by atoms with Gasteiger partial charge in [-0.05, 0) is 23.1 Å². The summed E-state index contributed by atoms with van der Waals surface area (Å²) in [7, 11) is -3.55. The lowest BCUT2D eigenvalue weighted by atomic mass is 10.2. The number of nitrogens with zero attached hydrogens (tertiary/aromatic N) is 2.